The summed E-state index contributed by atoms with van der Waals surface area (Å²) in [5.41, 5.74) is 4.78. The number of esters is 1. The van der Waals surface area contributed by atoms with Gasteiger partial charge < -0.3 is 13.8 Å². The zero-order valence-corrected chi connectivity index (χ0v) is 19.6. The molecule has 176 valence electrons. The van der Waals surface area contributed by atoms with Crippen LogP contribution in [-0.4, -0.2) is 38.4 Å². The van der Waals surface area contributed by atoms with E-state index in [-0.39, 0.29) is 12.2 Å². The van der Waals surface area contributed by atoms with E-state index in [0.717, 1.165) is 58.2 Å². The van der Waals surface area contributed by atoms with E-state index in [9.17, 15) is 4.79 Å². The van der Waals surface area contributed by atoms with Crippen molar-refractivity contribution in [2.75, 3.05) is 7.11 Å². The largest absolute Gasteiger partial charge is 0.464 e. The number of nitrogens with zero attached hydrogens (tertiary/aromatic N) is 4. The molecule has 0 atom stereocenters. The van der Waals surface area contributed by atoms with Gasteiger partial charge in [-0.25, -0.2) is 14.2 Å². The minimum Gasteiger partial charge on any atom is -0.464 e. The van der Waals surface area contributed by atoms with Crippen molar-refractivity contribution in [3.63, 3.8) is 0 Å². The minimum atomic E-state index is -1.24. The topological polar surface area (TPSA) is 83.0 Å². The highest BCUT2D eigenvalue weighted by Gasteiger charge is 2.33. The SMILES string of the molecule is COC(=O)c1ccc(-c2cn(CC3(F)CCCCC3)c3cc(-c4c(C)noc4C)cnc23)cn1. The first-order valence-corrected chi connectivity index (χ1v) is 11.5. The quantitative estimate of drug-likeness (QED) is 0.347. The number of carbonyl (C=O) groups is 1. The Balaban J connectivity index is 1.63. The highest BCUT2D eigenvalue weighted by atomic mass is 19.1. The van der Waals surface area contributed by atoms with Crippen LogP contribution in [0.25, 0.3) is 33.3 Å². The van der Waals surface area contributed by atoms with E-state index in [2.05, 4.69) is 10.1 Å². The lowest BCUT2D eigenvalue weighted by Crippen LogP contribution is -2.31. The molecule has 0 aliphatic heterocycles. The molecular weight excluding hydrogens is 435 g/mol. The molecular formula is C26H27FN4O3. The van der Waals surface area contributed by atoms with Crippen LogP contribution in [0.1, 0.15) is 54.0 Å². The Morgan fingerprint density at radius 2 is 1.91 bits per heavy atom. The Kier molecular flexibility index (Phi) is 5.67. The molecule has 1 aliphatic rings. The Hall–Kier alpha value is -3.55. The Bertz CT molecular complexity index is 1330. The van der Waals surface area contributed by atoms with Gasteiger partial charge in [0.1, 0.15) is 17.1 Å². The molecule has 0 amide bonds. The molecule has 34 heavy (non-hydrogen) atoms. The molecule has 0 unspecified atom stereocenters. The number of ether oxygens (including phenoxy) is 1. The van der Waals surface area contributed by atoms with Crippen LogP contribution in [0.2, 0.25) is 0 Å². The van der Waals surface area contributed by atoms with Crippen LogP contribution in [0, 0.1) is 13.8 Å². The summed E-state index contributed by atoms with van der Waals surface area (Å²) in [6, 6.07) is 5.47. The molecule has 1 saturated carbocycles. The smallest absolute Gasteiger partial charge is 0.356 e. The highest BCUT2D eigenvalue weighted by Crippen LogP contribution is 2.38. The van der Waals surface area contributed by atoms with Crippen LogP contribution >= 0.6 is 0 Å². The maximum absolute atomic E-state index is 15.8. The second-order valence-electron chi connectivity index (χ2n) is 9.10. The van der Waals surface area contributed by atoms with Gasteiger partial charge in [0.25, 0.3) is 0 Å². The molecule has 0 N–H and O–H groups in total. The molecule has 4 aromatic heterocycles. The Morgan fingerprint density at radius 3 is 2.56 bits per heavy atom. The third kappa shape index (κ3) is 3.97. The van der Waals surface area contributed by atoms with Crippen LogP contribution in [-0.2, 0) is 11.3 Å². The lowest BCUT2D eigenvalue weighted by Gasteiger charge is -2.30. The zero-order chi connectivity index (χ0) is 23.9. The Labute approximate surface area is 197 Å². The molecule has 4 heterocycles. The fourth-order valence-electron chi connectivity index (χ4n) is 4.97. The third-order valence-corrected chi connectivity index (χ3v) is 6.71. The Morgan fingerprint density at radius 1 is 1.15 bits per heavy atom. The summed E-state index contributed by atoms with van der Waals surface area (Å²) in [4.78, 5) is 20.8. The van der Waals surface area contributed by atoms with Gasteiger partial charge in [-0.15, -0.1) is 0 Å². The first-order valence-electron chi connectivity index (χ1n) is 11.5. The number of carbonyl (C=O) groups excluding carboxylic acids is 1. The van der Waals surface area contributed by atoms with Crippen molar-refractivity contribution in [2.45, 2.75) is 58.2 Å². The van der Waals surface area contributed by atoms with E-state index in [0.29, 0.717) is 18.6 Å². The average molecular weight is 463 g/mol. The van der Waals surface area contributed by atoms with Crippen molar-refractivity contribution in [1.82, 2.24) is 19.7 Å². The molecule has 0 radical (unpaired) electrons. The number of halogens is 1. The van der Waals surface area contributed by atoms with Gasteiger partial charge in [-0.1, -0.05) is 30.5 Å². The summed E-state index contributed by atoms with van der Waals surface area (Å²) in [6.45, 7) is 4.04. The van der Waals surface area contributed by atoms with Gasteiger partial charge in [-0.3, -0.25) is 4.98 Å². The molecule has 4 aromatic rings. The average Bonchev–Trinajstić information content (AvgIpc) is 3.37. The van der Waals surface area contributed by atoms with Gasteiger partial charge in [0.2, 0.25) is 0 Å². The molecule has 0 aromatic carbocycles. The number of alkyl halides is 1. The fraction of sp³-hybridized carbons (Fsp3) is 0.385. The number of fused-ring (bicyclic) bond motifs is 1. The lowest BCUT2D eigenvalue weighted by molar-refractivity contribution is 0.0594. The number of rotatable bonds is 5. The van der Waals surface area contributed by atoms with E-state index in [1.54, 1.807) is 18.5 Å². The van der Waals surface area contributed by atoms with Crippen molar-refractivity contribution < 1.29 is 18.4 Å². The minimum absolute atomic E-state index is 0.230. The summed E-state index contributed by atoms with van der Waals surface area (Å²) >= 11 is 0. The molecule has 8 heteroatoms. The number of hydrogen-bond donors (Lipinski definition) is 0. The van der Waals surface area contributed by atoms with Gasteiger partial charge in [0, 0.05) is 40.8 Å². The van der Waals surface area contributed by atoms with Gasteiger partial charge >= 0.3 is 5.97 Å². The first-order chi connectivity index (χ1) is 16.4. The monoisotopic (exact) mass is 462 g/mol. The fourth-order valence-corrected chi connectivity index (χ4v) is 4.97. The van der Waals surface area contributed by atoms with E-state index >= 15 is 4.39 Å². The summed E-state index contributed by atoms with van der Waals surface area (Å²) in [6.07, 6.45) is 9.39. The van der Waals surface area contributed by atoms with Gasteiger partial charge in [-0.2, -0.15) is 0 Å². The van der Waals surface area contributed by atoms with Crippen LogP contribution < -0.4 is 0 Å². The standard InChI is InChI=1S/C26H27FN4O3/c1-16-23(17(2)34-30-16)19-11-22-24(29-13-19)20(18-7-8-21(28-12-18)25(32)33-3)14-31(22)15-26(27)9-5-4-6-10-26/h7-8,11-14H,4-6,9-10,15H2,1-3H3. The predicted molar refractivity (Wildman–Crippen MR) is 126 cm³/mol. The molecule has 7 nitrogen and oxygen atoms in total. The van der Waals surface area contributed by atoms with Crippen LogP contribution in [0.4, 0.5) is 4.39 Å². The van der Waals surface area contributed by atoms with E-state index in [4.69, 9.17) is 14.2 Å². The maximum atomic E-state index is 15.8. The lowest BCUT2D eigenvalue weighted by atomic mass is 9.86. The molecule has 0 saturated heterocycles. The predicted octanol–water partition coefficient (Wildman–Crippen LogP) is 5.83. The van der Waals surface area contributed by atoms with Crippen LogP contribution in [0.3, 0.4) is 0 Å². The molecule has 1 aliphatic carbocycles. The van der Waals surface area contributed by atoms with Gasteiger partial charge in [0.05, 0.1) is 30.4 Å². The van der Waals surface area contributed by atoms with E-state index in [1.165, 1.54) is 7.11 Å². The first kappa shape index (κ1) is 22.3. The van der Waals surface area contributed by atoms with Crippen molar-refractivity contribution in [2.24, 2.45) is 0 Å². The zero-order valence-electron chi connectivity index (χ0n) is 19.6. The second-order valence-corrected chi connectivity index (χ2v) is 9.10. The number of methoxy groups -OCH3 is 1. The van der Waals surface area contributed by atoms with Gasteiger partial charge in [0.15, 0.2) is 0 Å². The van der Waals surface area contributed by atoms with Crippen LogP contribution in [0.15, 0.2) is 41.3 Å². The number of hydrogen-bond acceptors (Lipinski definition) is 6. The van der Waals surface area contributed by atoms with Crippen LogP contribution in [0.5, 0.6) is 0 Å². The summed E-state index contributed by atoms with van der Waals surface area (Å²) < 4.78 is 27.8. The van der Waals surface area contributed by atoms with Crippen molar-refractivity contribution in [1.29, 1.82) is 0 Å². The number of aryl methyl sites for hydroxylation is 2. The number of pyridine rings is 2. The molecule has 5 rings (SSSR count). The molecule has 0 bridgehead atoms. The number of aromatic nitrogens is 4. The summed E-state index contributed by atoms with van der Waals surface area (Å²) in [5, 5.41) is 4.07. The third-order valence-electron chi connectivity index (χ3n) is 6.71. The molecule has 0 spiro atoms. The van der Waals surface area contributed by atoms with Gasteiger partial charge in [-0.05, 0) is 38.8 Å². The molecule has 1 fully saturated rings. The normalized spacial score (nSPS) is 15.5. The van der Waals surface area contributed by atoms with E-state index < -0.39 is 11.6 Å². The highest BCUT2D eigenvalue weighted by molar-refractivity contribution is 5.95. The van der Waals surface area contributed by atoms with Crippen molar-refractivity contribution in [3.8, 4) is 22.3 Å². The van der Waals surface area contributed by atoms with Crippen molar-refractivity contribution >= 4 is 17.0 Å². The summed E-state index contributed by atoms with van der Waals surface area (Å²) in [7, 11) is 1.32. The maximum Gasteiger partial charge on any atom is 0.356 e. The summed E-state index contributed by atoms with van der Waals surface area (Å²) in [5.74, 6) is 0.224. The van der Waals surface area contributed by atoms with Crippen molar-refractivity contribution in [3.05, 3.63) is 53.9 Å². The second kappa shape index (κ2) is 8.66. The van der Waals surface area contributed by atoms with E-state index in [1.807, 2.05) is 36.7 Å².